The normalized spacial score (nSPS) is 16.1. The summed E-state index contributed by atoms with van der Waals surface area (Å²) in [4.78, 5) is 0. The second-order valence-corrected chi connectivity index (χ2v) is 5.93. The lowest BCUT2D eigenvalue weighted by Gasteiger charge is -2.21. The van der Waals surface area contributed by atoms with Gasteiger partial charge in [-0.1, -0.05) is 36.4 Å². The molecule has 1 aliphatic rings. The maximum Gasteiger partial charge on any atom is 0.0733 e. The summed E-state index contributed by atoms with van der Waals surface area (Å²) in [7, 11) is 0. The Morgan fingerprint density at radius 2 is 1.71 bits per heavy atom. The Morgan fingerprint density at radius 1 is 1.00 bits per heavy atom. The molecule has 2 nitrogen and oxygen atoms in total. The quantitative estimate of drug-likeness (QED) is 0.729. The Kier molecular flexibility index (Phi) is 3.77. The lowest BCUT2D eigenvalue weighted by molar-refractivity contribution is 1.16. The number of nitrogens with one attached hydrogen (secondary N) is 1. The molecule has 1 aliphatic carbocycles. The van der Waals surface area contributed by atoms with Gasteiger partial charge in [-0.2, -0.15) is 0 Å². The van der Waals surface area contributed by atoms with Crippen LogP contribution in [0.2, 0.25) is 0 Å². The number of nitrogens with zero attached hydrogens (tertiary/aromatic N) is 1. The summed E-state index contributed by atoms with van der Waals surface area (Å²) in [5.41, 5.74) is 8.60. The summed E-state index contributed by atoms with van der Waals surface area (Å²) < 4.78 is 4.28. The molecule has 1 N–H and O–H groups in total. The highest BCUT2D eigenvalue weighted by atomic mass is 79.9. The smallest absolute Gasteiger partial charge is 0.0733 e. The number of benzene rings is 2. The highest BCUT2D eigenvalue weighted by Gasteiger charge is 2.21. The van der Waals surface area contributed by atoms with Crippen LogP contribution in [-0.4, -0.2) is 11.4 Å². The van der Waals surface area contributed by atoms with E-state index in [2.05, 4.69) is 52.2 Å². The summed E-state index contributed by atoms with van der Waals surface area (Å²) in [6.45, 7) is 4.21. The van der Waals surface area contributed by atoms with E-state index in [0.29, 0.717) is 5.71 Å². The Balaban J connectivity index is 2.30. The fourth-order valence-electron chi connectivity index (χ4n) is 2.98. The van der Waals surface area contributed by atoms with Gasteiger partial charge in [0.15, 0.2) is 0 Å². The van der Waals surface area contributed by atoms with Crippen molar-refractivity contribution in [3.63, 3.8) is 0 Å². The van der Waals surface area contributed by atoms with Crippen LogP contribution in [0.15, 0.2) is 40.4 Å². The number of halogens is 1. The molecule has 2 aromatic rings. The largest absolute Gasteiger partial charge is 0.300 e. The predicted octanol–water partition coefficient (Wildman–Crippen LogP) is 4.57. The van der Waals surface area contributed by atoms with Crippen molar-refractivity contribution < 1.29 is 0 Å². The van der Waals surface area contributed by atoms with E-state index >= 15 is 0 Å². The molecule has 0 radical (unpaired) electrons. The average Bonchev–Trinajstić information content (AvgIpc) is 2.49. The fraction of sp³-hybridized carbons (Fsp3) is 0.222. The first-order valence-corrected chi connectivity index (χ1v) is 7.75. The number of hydrogen-bond acceptors (Lipinski definition) is 2. The van der Waals surface area contributed by atoms with E-state index in [0.717, 1.165) is 29.7 Å². The van der Waals surface area contributed by atoms with Crippen molar-refractivity contribution in [1.82, 2.24) is 0 Å². The molecule has 0 saturated carbocycles. The Hall–Kier alpha value is -1.74. The van der Waals surface area contributed by atoms with Crippen molar-refractivity contribution in [2.24, 2.45) is 4.02 Å². The van der Waals surface area contributed by atoms with Gasteiger partial charge in [0.1, 0.15) is 0 Å². The van der Waals surface area contributed by atoms with E-state index in [1.807, 2.05) is 18.2 Å². The number of aryl methyl sites for hydroxylation is 1. The Morgan fingerprint density at radius 3 is 2.48 bits per heavy atom. The van der Waals surface area contributed by atoms with E-state index in [-0.39, 0.29) is 0 Å². The maximum atomic E-state index is 8.70. The molecule has 106 valence electrons. The summed E-state index contributed by atoms with van der Waals surface area (Å²) in [6.07, 6.45) is 1.58. The summed E-state index contributed by atoms with van der Waals surface area (Å²) >= 11 is 3.26. The minimum absolute atomic E-state index is 0.635. The number of fused-ring (bicyclic) bond motifs is 2. The van der Waals surface area contributed by atoms with Gasteiger partial charge < -0.3 is 0 Å². The van der Waals surface area contributed by atoms with E-state index in [4.69, 9.17) is 5.41 Å². The molecule has 0 fully saturated rings. The molecule has 0 aliphatic heterocycles. The van der Waals surface area contributed by atoms with E-state index < -0.39 is 0 Å². The minimum atomic E-state index is 0.635. The fourth-order valence-corrected chi connectivity index (χ4v) is 3.23. The van der Waals surface area contributed by atoms with E-state index in [9.17, 15) is 0 Å². The predicted molar refractivity (Wildman–Crippen MR) is 92.1 cm³/mol. The van der Waals surface area contributed by atoms with Gasteiger partial charge >= 0.3 is 0 Å². The van der Waals surface area contributed by atoms with Crippen LogP contribution in [0.1, 0.15) is 33.4 Å². The van der Waals surface area contributed by atoms with Crippen LogP contribution in [0.25, 0.3) is 0 Å². The van der Waals surface area contributed by atoms with Gasteiger partial charge in [0.2, 0.25) is 0 Å². The standard InChI is InChI=1S/C18H17BrN2/c1-11-7-8-14-10-15(21-19)9-13-5-3-4-6-16(13)18(20)17(14)12(11)2/h3-8,20H,9-10H2,1-2H3/b20-18?,21-15-. The topological polar surface area (TPSA) is 36.2 Å². The third kappa shape index (κ3) is 2.46. The van der Waals surface area contributed by atoms with E-state index in [1.54, 1.807) is 0 Å². The molecule has 2 aromatic carbocycles. The van der Waals surface area contributed by atoms with Crippen molar-refractivity contribution in [2.45, 2.75) is 26.7 Å². The summed E-state index contributed by atoms with van der Waals surface area (Å²) in [5, 5.41) is 8.70. The zero-order valence-corrected chi connectivity index (χ0v) is 13.8. The first kappa shape index (κ1) is 14.2. The highest BCUT2D eigenvalue weighted by molar-refractivity contribution is 9.08. The Bertz CT molecular complexity index is 760. The van der Waals surface area contributed by atoms with Crippen LogP contribution in [0.4, 0.5) is 0 Å². The molecular formula is C18H17BrN2. The van der Waals surface area contributed by atoms with Gasteiger partial charge in [0.05, 0.1) is 21.9 Å². The van der Waals surface area contributed by atoms with Crippen LogP contribution >= 0.6 is 16.1 Å². The lowest BCUT2D eigenvalue weighted by atomic mass is 9.83. The first-order chi connectivity index (χ1) is 10.1. The molecule has 3 heteroatoms. The molecule has 0 spiro atoms. The first-order valence-electron chi connectivity index (χ1n) is 7.04. The number of rotatable bonds is 0. The zero-order chi connectivity index (χ0) is 15.0. The third-order valence-electron chi connectivity index (χ3n) is 4.27. The SMILES string of the molecule is Cc1ccc2c(c1C)C(=N)c1ccccc1C/C(=N/Br)C2. The second kappa shape index (κ2) is 5.57. The molecule has 0 amide bonds. The van der Waals surface area contributed by atoms with Gasteiger partial charge in [0.25, 0.3) is 0 Å². The van der Waals surface area contributed by atoms with Crippen molar-refractivity contribution in [3.8, 4) is 0 Å². The van der Waals surface area contributed by atoms with Crippen molar-refractivity contribution in [2.75, 3.05) is 0 Å². The van der Waals surface area contributed by atoms with Crippen LogP contribution in [0.3, 0.4) is 0 Å². The van der Waals surface area contributed by atoms with Crippen LogP contribution in [0.5, 0.6) is 0 Å². The van der Waals surface area contributed by atoms with Crippen LogP contribution < -0.4 is 0 Å². The number of hydrogen-bond donors (Lipinski definition) is 1. The zero-order valence-electron chi connectivity index (χ0n) is 12.2. The molecule has 0 saturated heterocycles. The highest BCUT2D eigenvalue weighted by Crippen LogP contribution is 2.27. The molecule has 0 atom stereocenters. The molecule has 3 rings (SSSR count). The molecule has 0 heterocycles. The van der Waals surface area contributed by atoms with Crippen molar-refractivity contribution >= 4 is 27.6 Å². The van der Waals surface area contributed by atoms with Gasteiger partial charge in [0, 0.05) is 29.7 Å². The lowest BCUT2D eigenvalue weighted by Crippen LogP contribution is -2.19. The van der Waals surface area contributed by atoms with Gasteiger partial charge in [-0.25, -0.2) is 4.02 Å². The minimum Gasteiger partial charge on any atom is -0.300 e. The second-order valence-electron chi connectivity index (χ2n) is 5.58. The Labute approximate surface area is 133 Å². The monoisotopic (exact) mass is 340 g/mol. The average molecular weight is 341 g/mol. The van der Waals surface area contributed by atoms with Gasteiger partial charge in [-0.05, 0) is 36.1 Å². The van der Waals surface area contributed by atoms with Crippen LogP contribution in [-0.2, 0) is 12.8 Å². The molecule has 0 bridgehead atoms. The van der Waals surface area contributed by atoms with Crippen molar-refractivity contribution in [1.29, 1.82) is 5.41 Å². The van der Waals surface area contributed by atoms with E-state index in [1.165, 1.54) is 22.3 Å². The summed E-state index contributed by atoms with van der Waals surface area (Å²) in [6, 6.07) is 12.5. The van der Waals surface area contributed by atoms with Gasteiger partial charge in [-0.15, -0.1) is 0 Å². The molecule has 0 unspecified atom stereocenters. The molecule has 21 heavy (non-hydrogen) atoms. The van der Waals surface area contributed by atoms with Crippen molar-refractivity contribution in [3.05, 3.63) is 69.8 Å². The summed E-state index contributed by atoms with van der Waals surface area (Å²) in [5.74, 6) is 0. The van der Waals surface area contributed by atoms with Crippen LogP contribution in [0, 0.1) is 19.3 Å². The van der Waals surface area contributed by atoms with Gasteiger partial charge in [-0.3, -0.25) is 5.41 Å². The molecular weight excluding hydrogens is 324 g/mol. The molecule has 0 aromatic heterocycles. The third-order valence-corrected chi connectivity index (χ3v) is 4.77. The maximum absolute atomic E-state index is 8.70.